The Balaban J connectivity index is 2.03. The van der Waals surface area contributed by atoms with Crippen molar-refractivity contribution in [1.29, 1.82) is 0 Å². The van der Waals surface area contributed by atoms with Gasteiger partial charge >= 0.3 is 0 Å². The van der Waals surface area contributed by atoms with Gasteiger partial charge in [0.1, 0.15) is 0 Å². The van der Waals surface area contributed by atoms with E-state index in [-0.39, 0.29) is 0 Å². The zero-order chi connectivity index (χ0) is 11.8. The number of hydrogen-bond acceptors (Lipinski definition) is 4. The fourth-order valence-electron chi connectivity index (χ4n) is 2.03. The summed E-state index contributed by atoms with van der Waals surface area (Å²) in [6.07, 6.45) is 0.804. The van der Waals surface area contributed by atoms with Crippen LogP contribution in [0.25, 0.3) is 0 Å². The summed E-state index contributed by atoms with van der Waals surface area (Å²) >= 11 is 7.76. The molecule has 1 aliphatic heterocycles. The smallest absolute Gasteiger partial charge is 0.161 e. The number of aromatic nitrogens is 2. The molecule has 0 fully saturated rings. The summed E-state index contributed by atoms with van der Waals surface area (Å²) in [5.41, 5.74) is 5.33. The molecule has 0 unspecified atom stereocenters. The van der Waals surface area contributed by atoms with E-state index in [1.807, 2.05) is 6.92 Å². The van der Waals surface area contributed by atoms with E-state index < -0.39 is 0 Å². The van der Waals surface area contributed by atoms with Crippen LogP contribution in [-0.4, -0.2) is 15.9 Å². The Morgan fingerprint density at radius 2 is 2.29 bits per heavy atom. The summed E-state index contributed by atoms with van der Waals surface area (Å²) in [4.78, 5) is 4.41. The van der Waals surface area contributed by atoms with Crippen LogP contribution in [0.4, 0.5) is 0 Å². The SMILES string of the molecule is CC1=NCc2c(Cc3ccsc3)nnc(Cl)c21. The topological polar surface area (TPSA) is 38.1 Å². The van der Waals surface area contributed by atoms with Crippen molar-refractivity contribution in [2.75, 3.05) is 0 Å². The predicted octanol–water partition coefficient (Wildman–Crippen LogP) is 3.10. The number of fused-ring (bicyclic) bond motifs is 1. The van der Waals surface area contributed by atoms with Crippen LogP contribution in [0.5, 0.6) is 0 Å². The third kappa shape index (κ3) is 1.87. The van der Waals surface area contributed by atoms with E-state index in [9.17, 15) is 0 Å². The molecule has 2 aromatic rings. The Hall–Kier alpha value is -1.26. The monoisotopic (exact) mass is 263 g/mol. The van der Waals surface area contributed by atoms with E-state index in [4.69, 9.17) is 11.6 Å². The second-order valence-corrected chi connectivity index (χ2v) is 5.14. The van der Waals surface area contributed by atoms with Gasteiger partial charge < -0.3 is 0 Å². The van der Waals surface area contributed by atoms with Crippen molar-refractivity contribution in [3.63, 3.8) is 0 Å². The van der Waals surface area contributed by atoms with Crippen LogP contribution < -0.4 is 0 Å². The van der Waals surface area contributed by atoms with Gasteiger partial charge in [-0.2, -0.15) is 16.4 Å². The fraction of sp³-hybridized carbons (Fsp3) is 0.250. The third-order valence-electron chi connectivity index (χ3n) is 2.90. The van der Waals surface area contributed by atoms with Crippen LogP contribution in [0.15, 0.2) is 21.8 Å². The van der Waals surface area contributed by atoms with Gasteiger partial charge in [-0.05, 0) is 29.3 Å². The molecule has 3 heterocycles. The lowest BCUT2D eigenvalue weighted by Crippen LogP contribution is -2.05. The highest BCUT2D eigenvalue weighted by atomic mass is 35.5. The van der Waals surface area contributed by atoms with Crippen LogP contribution in [0.2, 0.25) is 5.15 Å². The largest absolute Gasteiger partial charge is 0.284 e. The fourth-order valence-corrected chi connectivity index (χ4v) is 2.98. The first kappa shape index (κ1) is 10.9. The molecule has 0 spiro atoms. The summed E-state index contributed by atoms with van der Waals surface area (Å²) in [5.74, 6) is 0. The van der Waals surface area contributed by atoms with Crippen LogP contribution in [0.3, 0.4) is 0 Å². The third-order valence-corrected chi connectivity index (χ3v) is 3.90. The van der Waals surface area contributed by atoms with E-state index in [1.165, 1.54) is 5.56 Å². The maximum atomic E-state index is 6.07. The molecule has 0 amide bonds. The molecule has 86 valence electrons. The zero-order valence-corrected chi connectivity index (χ0v) is 10.8. The van der Waals surface area contributed by atoms with Gasteiger partial charge in [-0.1, -0.05) is 11.6 Å². The second kappa shape index (κ2) is 4.20. The summed E-state index contributed by atoms with van der Waals surface area (Å²) < 4.78 is 0. The Kier molecular flexibility index (Phi) is 2.68. The Bertz CT molecular complexity index is 590. The molecule has 3 nitrogen and oxygen atoms in total. The highest BCUT2D eigenvalue weighted by Gasteiger charge is 2.21. The van der Waals surface area contributed by atoms with Crippen molar-refractivity contribution in [1.82, 2.24) is 10.2 Å². The number of halogens is 1. The Morgan fingerprint density at radius 3 is 3.06 bits per heavy atom. The van der Waals surface area contributed by atoms with E-state index in [1.54, 1.807) is 11.3 Å². The summed E-state index contributed by atoms with van der Waals surface area (Å²) in [7, 11) is 0. The van der Waals surface area contributed by atoms with Gasteiger partial charge in [0.25, 0.3) is 0 Å². The lowest BCUT2D eigenvalue weighted by molar-refractivity contribution is 0.896. The minimum absolute atomic E-state index is 0.466. The molecule has 0 radical (unpaired) electrons. The quantitative estimate of drug-likeness (QED) is 0.835. The van der Waals surface area contributed by atoms with Crippen molar-refractivity contribution in [2.24, 2.45) is 4.99 Å². The molecule has 0 aromatic carbocycles. The lowest BCUT2D eigenvalue weighted by atomic mass is 10.0. The highest BCUT2D eigenvalue weighted by molar-refractivity contribution is 7.07. The molecule has 1 aliphatic rings. The lowest BCUT2D eigenvalue weighted by Gasteiger charge is -2.06. The first-order valence-electron chi connectivity index (χ1n) is 5.32. The zero-order valence-electron chi connectivity index (χ0n) is 9.27. The maximum absolute atomic E-state index is 6.07. The normalized spacial score (nSPS) is 13.6. The molecule has 5 heteroatoms. The molecule has 0 bridgehead atoms. The van der Waals surface area contributed by atoms with Crippen molar-refractivity contribution in [3.8, 4) is 0 Å². The molecule has 2 aromatic heterocycles. The van der Waals surface area contributed by atoms with Gasteiger partial charge in [0.05, 0.1) is 12.2 Å². The standard InChI is InChI=1S/C12H10ClN3S/c1-7-11-9(5-14-7)10(15-16-12(11)13)4-8-2-3-17-6-8/h2-3,6H,4-5H2,1H3. The Morgan fingerprint density at radius 1 is 1.41 bits per heavy atom. The predicted molar refractivity (Wildman–Crippen MR) is 70.1 cm³/mol. The number of rotatable bonds is 2. The molecule has 0 N–H and O–H groups in total. The number of hydrogen-bond donors (Lipinski definition) is 0. The number of thiophene rings is 1. The first-order chi connectivity index (χ1) is 8.25. The van der Waals surface area contributed by atoms with Crippen molar-refractivity contribution in [3.05, 3.63) is 44.4 Å². The van der Waals surface area contributed by atoms with Crippen LogP contribution in [-0.2, 0) is 13.0 Å². The number of aliphatic imine (C=N–C) groups is 1. The first-order valence-corrected chi connectivity index (χ1v) is 6.64. The van der Waals surface area contributed by atoms with E-state index in [2.05, 4.69) is 32.0 Å². The molecular formula is C12H10ClN3S. The average Bonchev–Trinajstić information content (AvgIpc) is 2.93. The van der Waals surface area contributed by atoms with E-state index >= 15 is 0 Å². The minimum Gasteiger partial charge on any atom is -0.284 e. The van der Waals surface area contributed by atoms with E-state index in [0.717, 1.165) is 29.0 Å². The van der Waals surface area contributed by atoms with Gasteiger partial charge in [0.2, 0.25) is 0 Å². The Labute approximate surface area is 108 Å². The summed E-state index contributed by atoms with van der Waals surface area (Å²) in [6, 6.07) is 2.11. The van der Waals surface area contributed by atoms with Crippen molar-refractivity contribution in [2.45, 2.75) is 19.9 Å². The second-order valence-electron chi connectivity index (χ2n) is 4.00. The summed E-state index contributed by atoms with van der Waals surface area (Å²) in [6.45, 7) is 2.64. The summed E-state index contributed by atoms with van der Waals surface area (Å²) in [5, 5.41) is 12.9. The maximum Gasteiger partial charge on any atom is 0.161 e. The van der Waals surface area contributed by atoms with Gasteiger partial charge in [0.15, 0.2) is 5.15 Å². The molecule has 17 heavy (non-hydrogen) atoms. The molecule has 0 aliphatic carbocycles. The van der Waals surface area contributed by atoms with Gasteiger partial charge in [0, 0.05) is 23.3 Å². The van der Waals surface area contributed by atoms with Crippen LogP contribution >= 0.6 is 22.9 Å². The molecule has 3 rings (SSSR count). The van der Waals surface area contributed by atoms with Crippen molar-refractivity contribution >= 4 is 28.6 Å². The van der Waals surface area contributed by atoms with Gasteiger partial charge in [-0.3, -0.25) is 4.99 Å². The van der Waals surface area contributed by atoms with Crippen molar-refractivity contribution < 1.29 is 0 Å². The molecular weight excluding hydrogens is 254 g/mol. The van der Waals surface area contributed by atoms with Crippen LogP contribution in [0, 0.1) is 0 Å². The molecule has 0 saturated heterocycles. The van der Waals surface area contributed by atoms with Crippen LogP contribution in [0.1, 0.15) is 29.3 Å². The van der Waals surface area contributed by atoms with Gasteiger partial charge in [-0.15, -0.1) is 5.10 Å². The number of nitrogens with zero attached hydrogens (tertiary/aromatic N) is 3. The highest BCUT2D eigenvalue weighted by Crippen LogP contribution is 2.27. The van der Waals surface area contributed by atoms with E-state index in [0.29, 0.717) is 11.7 Å². The van der Waals surface area contributed by atoms with Gasteiger partial charge in [-0.25, -0.2) is 0 Å². The average molecular weight is 264 g/mol. The minimum atomic E-state index is 0.466. The molecule has 0 atom stereocenters. The molecule has 0 saturated carbocycles.